The monoisotopic (exact) mass is 269 g/mol. The van der Waals surface area contributed by atoms with Crippen LogP contribution < -0.4 is 10.1 Å². The Bertz CT molecular complexity index is 667. The fourth-order valence-electron chi connectivity index (χ4n) is 2.42. The molecular weight excluding hydrogens is 254 g/mol. The standard InChI is InChI=1S/C16H15NO3/c1-10-7-8-14-12(9-10)15(17-16(18)19-2)11-5-3-4-6-13(11)20-14/h3-9,15H,1-2H3,(H,17,18)/t15-/m1/s1. The van der Waals surface area contributed by atoms with Crippen LogP contribution in [0.25, 0.3) is 0 Å². The molecule has 0 aliphatic carbocycles. The van der Waals surface area contributed by atoms with Gasteiger partial charge in [-0.3, -0.25) is 0 Å². The van der Waals surface area contributed by atoms with E-state index in [1.807, 2.05) is 49.4 Å². The predicted molar refractivity (Wildman–Crippen MR) is 75.1 cm³/mol. The molecule has 0 saturated heterocycles. The minimum atomic E-state index is -0.459. The van der Waals surface area contributed by atoms with E-state index in [1.165, 1.54) is 7.11 Å². The van der Waals surface area contributed by atoms with Gasteiger partial charge in [0.15, 0.2) is 0 Å². The number of ether oxygens (including phenoxy) is 2. The summed E-state index contributed by atoms with van der Waals surface area (Å²) in [4.78, 5) is 11.6. The van der Waals surface area contributed by atoms with Crippen LogP contribution in [0.15, 0.2) is 42.5 Å². The molecule has 4 nitrogen and oxygen atoms in total. The van der Waals surface area contributed by atoms with Gasteiger partial charge in [-0.2, -0.15) is 0 Å². The van der Waals surface area contributed by atoms with Gasteiger partial charge in [-0.25, -0.2) is 4.79 Å². The van der Waals surface area contributed by atoms with E-state index >= 15 is 0 Å². The number of benzene rings is 2. The lowest BCUT2D eigenvalue weighted by Crippen LogP contribution is -2.31. The van der Waals surface area contributed by atoms with Crippen molar-refractivity contribution in [3.05, 3.63) is 59.2 Å². The number of para-hydroxylation sites is 1. The number of methoxy groups -OCH3 is 1. The first-order valence-corrected chi connectivity index (χ1v) is 6.41. The minimum Gasteiger partial charge on any atom is -0.457 e. The van der Waals surface area contributed by atoms with E-state index in [-0.39, 0.29) is 6.04 Å². The maximum absolute atomic E-state index is 11.6. The van der Waals surface area contributed by atoms with E-state index < -0.39 is 6.09 Å². The largest absolute Gasteiger partial charge is 0.457 e. The molecule has 20 heavy (non-hydrogen) atoms. The van der Waals surface area contributed by atoms with Crippen molar-refractivity contribution in [3.63, 3.8) is 0 Å². The summed E-state index contributed by atoms with van der Waals surface area (Å²) in [5.41, 5.74) is 2.98. The number of carbonyl (C=O) groups excluding carboxylic acids is 1. The number of carbonyl (C=O) groups is 1. The topological polar surface area (TPSA) is 47.6 Å². The first-order valence-electron chi connectivity index (χ1n) is 6.41. The zero-order valence-electron chi connectivity index (χ0n) is 11.3. The summed E-state index contributed by atoms with van der Waals surface area (Å²) in [5, 5.41) is 2.87. The average molecular weight is 269 g/mol. The van der Waals surface area contributed by atoms with Gasteiger partial charge in [0, 0.05) is 11.1 Å². The Morgan fingerprint density at radius 3 is 2.70 bits per heavy atom. The van der Waals surface area contributed by atoms with Gasteiger partial charge in [-0.05, 0) is 25.1 Å². The van der Waals surface area contributed by atoms with Crippen LogP contribution in [0.5, 0.6) is 11.5 Å². The molecule has 0 saturated carbocycles. The third-order valence-corrected chi connectivity index (χ3v) is 3.37. The lowest BCUT2D eigenvalue weighted by atomic mass is 9.93. The van der Waals surface area contributed by atoms with E-state index in [9.17, 15) is 4.79 Å². The summed E-state index contributed by atoms with van der Waals surface area (Å²) in [6.45, 7) is 2.01. The highest BCUT2D eigenvalue weighted by atomic mass is 16.5. The number of alkyl carbamates (subject to hydrolysis) is 1. The molecule has 1 atom stereocenters. The van der Waals surface area contributed by atoms with Gasteiger partial charge in [-0.1, -0.05) is 29.8 Å². The van der Waals surface area contributed by atoms with Gasteiger partial charge in [0.05, 0.1) is 13.2 Å². The lowest BCUT2D eigenvalue weighted by molar-refractivity contribution is 0.168. The molecule has 0 spiro atoms. The molecule has 0 unspecified atom stereocenters. The molecule has 0 bridgehead atoms. The van der Waals surface area contributed by atoms with Crippen molar-refractivity contribution in [3.8, 4) is 11.5 Å². The van der Waals surface area contributed by atoms with E-state index in [1.54, 1.807) is 0 Å². The molecule has 4 heteroatoms. The lowest BCUT2D eigenvalue weighted by Gasteiger charge is -2.28. The Hall–Kier alpha value is -2.49. The van der Waals surface area contributed by atoms with Crippen LogP contribution in [-0.4, -0.2) is 13.2 Å². The molecule has 1 aliphatic rings. The number of amides is 1. The second-order valence-corrected chi connectivity index (χ2v) is 4.75. The van der Waals surface area contributed by atoms with Crippen LogP contribution in [0.3, 0.4) is 0 Å². The Morgan fingerprint density at radius 1 is 1.15 bits per heavy atom. The van der Waals surface area contributed by atoms with Gasteiger partial charge in [0.1, 0.15) is 11.5 Å². The van der Waals surface area contributed by atoms with Crippen molar-refractivity contribution in [2.45, 2.75) is 13.0 Å². The van der Waals surface area contributed by atoms with E-state index in [2.05, 4.69) is 5.32 Å². The van der Waals surface area contributed by atoms with Crippen LogP contribution in [0.1, 0.15) is 22.7 Å². The second kappa shape index (κ2) is 4.89. The third kappa shape index (κ3) is 2.09. The van der Waals surface area contributed by atoms with Crippen LogP contribution in [0.2, 0.25) is 0 Å². The molecule has 1 N–H and O–H groups in total. The predicted octanol–water partition coefficient (Wildman–Crippen LogP) is 3.55. The highest BCUT2D eigenvalue weighted by Gasteiger charge is 2.28. The number of fused-ring (bicyclic) bond motifs is 2. The molecule has 102 valence electrons. The van der Waals surface area contributed by atoms with Gasteiger partial charge < -0.3 is 14.8 Å². The molecule has 1 amide bonds. The van der Waals surface area contributed by atoms with Crippen molar-refractivity contribution in [2.75, 3.05) is 7.11 Å². The first-order chi connectivity index (χ1) is 9.69. The summed E-state index contributed by atoms with van der Waals surface area (Å²) in [7, 11) is 1.36. The summed E-state index contributed by atoms with van der Waals surface area (Å²) < 4.78 is 10.6. The van der Waals surface area contributed by atoms with Crippen molar-refractivity contribution < 1.29 is 14.3 Å². The van der Waals surface area contributed by atoms with Gasteiger partial charge in [0.2, 0.25) is 0 Å². The number of nitrogens with one attached hydrogen (secondary N) is 1. The zero-order chi connectivity index (χ0) is 14.1. The highest BCUT2D eigenvalue weighted by Crippen LogP contribution is 2.42. The molecule has 0 aromatic heterocycles. The first kappa shape index (κ1) is 12.5. The second-order valence-electron chi connectivity index (χ2n) is 4.75. The summed E-state index contributed by atoms with van der Waals surface area (Å²) in [6.07, 6.45) is -0.459. The molecule has 2 aromatic rings. The zero-order valence-corrected chi connectivity index (χ0v) is 11.3. The number of hydrogen-bond acceptors (Lipinski definition) is 3. The van der Waals surface area contributed by atoms with Gasteiger partial charge >= 0.3 is 6.09 Å². The average Bonchev–Trinajstić information content (AvgIpc) is 2.47. The summed E-state index contributed by atoms with van der Waals surface area (Å²) in [5.74, 6) is 1.51. The van der Waals surface area contributed by atoms with Crippen LogP contribution in [0.4, 0.5) is 4.79 Å². The Kier molecular flexibility index (Phi) is 3.06. The van der Waals surface area contributed by atoms with Crippen molar-refractivity contribution >= 4 is 6.09 Å². The molecule has 1 heterocycles. The minimum absolute atomic E-state index is 0.262. The molecule has 0 radical (unpaired) electrons. The molecular formula is C16H15NO3. The molecule has 2 aromatic carbocycles. The Balaban J connectivity index is 2.11. The van der Waals surface area contributed by atoms with E-state index in [0.717, 1.165) is 28.2 Å². The van der Waals surface area contributed by atoms with Crippen LogP contribution >= 0.6 is 0 Å². The van der Waals surface area contributed by atoms with Crippen LogP contribution in [0, 0.1) is 6.92 Å². The maximum Gasteiger partial charge on any atom is 0.407 e. The summed E-state index contributed by atoms with van der Waals surface area (Å²) >= 11 is 0. The molecule has 0 fully saturated rings. The fraction of sp³-hybridized carbons (Fsp3) is 0.188. The SMILES string of the molecule is COC(=O)N[C@@H]1c2ccccc2Oc2ccc(C)cc21. The Labute approximate surface area is 117 Å². The van der Waals surface area contributed by atoms with Gasteiger partial charge in [0.25, 0.3) is 0 Å². The van der Waals surface area contributed by atoms with E-state index in [0.29, 0.717) is 0 Å². The number of hydrogen-bond donors (Lipinski definition) is 1. The highest BCUT2D eigenvalue weighted by molar-refractivity contribution is 5.70. The van der Waals surface area contributed by atoms with Crippen molar-refractivity contribution in [2.24, 2.45) is 0 Å². The normalized spacial score (nSPS) is 15.6. The molecule has 3 rings (SSSR count). The number of aryl methyl sites for hydroxylation is 1. The van der Waals surface area contributed by atoms with E-state index in [4.69, 9.17) is 9.47 Å². The Morgan fingerprint density at radius 2 is 1.90 bits per heavy atom. The summed E-state index contributed by atoms with van der Waals surface area (Å²) in [6, 6.07) is 13.3. The van der Waals surface area contributed by atoms with Crippen LogP contribution in [-0.2, 0) is 4.74 Å². The third-order valence-electron chi connectivity index (χ3n) is 3.37. The number of rotatable bonds is 1. The maximum atomic E-state index is 11.6. The fourth-order valence-corrected chi connectivity index (χ4v) is 2.42. The van der Waals surface area contributed by atoms with Gasteiger partial charge in [-0.15, -0.1) is 0 Å². The van der Waals surface area contributed by atoms with Crippen molar-refractivity contribution in [1.29, 1.82) is 0 Å². The quantitative estimate of drug-likeness (QED) is 0.861. The molecule has 1 aliphatic heterocycles. The smallest absolute Gasteiger partial charge is 0.407 e. The van der Waals surface area contributed by atoms with Crippen molar-refractivity contribution in [1.82, 2.24) is 5.32 Å².